The molecule has 0 saturated heterocycles. The molecule has 2 N–H and O–H groups in total. The largest absolute Gasteiger partial charge is 0.344 e. The Morgan fingerprint density at radius 2 is 1.35 bits per heavy atom. The standard InChI is InChI=1S/C14H32O4P2/c1-4-7-9-11-19(15,16)13-14(6-3)20(17,18)12-10-8-5-2/h14H,4-13H2,1-3H3,(H,15,16)(H,17,18). The van der Waals surface area contributed by atoms with Crippen LogP contribution in [-0.2, 0) is 9.13 Å². The lowest BCUT2D eigenvalue weighted by Crippen LogP contribution is -2.16. The van der Waals surface area contributed by atoms with E-state index in [2.05, 4.69) is 6.92 Å². The molecule has 0 heterocycles. The van der Waals surface area contributed by atoms with E-state index in [4.69, 9.17) is 0 Å². The zero-order valence-electron chi connectivity index (χ0n) is 13.3. The van der Waals surface area contributed by atoms with E-state index >= 15 is 0 Å². The van der Waals surface area contributed by atoms with E-state index in [1.807, 2.05) is 13.8 Å². The van der Waals surface area contributed by atoms with Crippen molar-refractivity contribution in [2.24, 2.45) is 0 Å². The van der Waals surface area contributed by atoms with Gasteiger partial charge >= 0.3 is 0 Å². The van der Waals surface area contributed by atoms with Crippen molar-refractivity contribution in [3.63, 3.8) is 0 Å². The lowest BCUT2D eigenvalue weighted by atomic mass is 10.3. The topological polar surface area (TPSA) is 74.6 Å². The van der Waals surface area contributed by atoms with Crippen LogP contribution in [0.25, 0.3) is 0 Å². The van der Waals surface area contributed by atoms with Gasteiger partial charge in [0, 0.05) is 24.1 Å². The highest BCUT2D eigenvalue weighted by atomic mass is 31.2. The number of hydrogen-bond donors (Lipinski definition) is 2. The van der Waals surface area contributed by atoms with E-state index in [-0.39, 0.29) is 18.5 Å². The fourth-order valence-corrected chi connectivity index (χ4v) is 7.56. The van der Waals surface area contributed by atoms with E-state index in [9.17, 15) is 18.9 Å². The van der Waals surface area contributed by atoms with Gasteiger partial charge in [-0.2, -0.15) is 0 Å². The maximum Gasteiger partial charge on any atom is 0.204 e. The molecule has 0 bridgehead atoms. The predicted octanol–water partition coefficient (Wildman–Crippen LogP) is 4.69. The van der Waals surface area contributed by atoms with Crippen molar-refractivity contribution < 1.29 is 18.9 Å². The molecule has 3 unspecified atom stereocenters. The Balaban J connectivity index is 4.50. The van der Waals surface area contributed by atoms with Gasteiger partial charge in [-0.15, -0.1) is 0 Å². The third kappa shape index (κ3) is 8.62. The minimum atomic E-state index is -3.30. The summed E-state index contributed by atoms with van der Waals surface area (Å²) in [6.07, 6.45) is 6.42. The summed E-state index contributed by atoms with van der Waals surface area (Å²) in [5.41, 5.74) is -0.517. The fraction of sp³-hybridized carbons (Fsp3) is 1.00. The van der Waals surface area contributed by atoms with Gasteiger partial charge in [0.1, 0.15) is 0 Å². The van der Waals surface area contributed by atoms with Gasteiger partial charge < -0.3 is 9.79 Å². The maximum atomic E-state index is 12.4. The second kappa shape index (κ2) is 10.2. The van der Waals surface area contributed by atoms with Crippen molar-refractivity contribution in [3.05, 3.63) is 0 Å². The molecule has 0 aromatic heterocycles. The van der Waals surface area contributed by atoms with Crippen molar-refractivity contribution in [1.29, 1.82) is 0 Å². The zero-order chi connectivity index (χ0) is 15.6. The van der Waals surface area contributed by atoms with Gasteiger partial charge in [-0.05, 0) is 19.3 Å². The van der Waals surface area contributed by atoms with Gasteiger partial charge in [0.25, 0.3) is 0 Å². The monoisotopic (exact) mass is 326 g/mol. The summed E-state index contributed by atoms with van der Waals surface area (Å²) in [5, 5.41) is 0. The molecule has 0 aliphatic rings. The fourth-order valence-electron chi connectivity index (χ4n) is 2.34. The van der Waals surface area contributed by atoms with E-state index in [1.165, 1.54) is 0 Å². The first kappa shape index (κ1) is 20.4. The Kier molecular flexibility index (Phi) is 10.4. The first-order valence-corrected chi connectivity index (χ1v) is 11.9. The highest BCUT2D eigenvalue weighted by molar-refractivity contribution is 7.62. The van der Waals surface area contributed by atoms with Crippen LogP contribution in [0.3, 0.4) is 0 Å². The predicted molar refractivity (Wildman–Crippen MR) is 87.4 cm³/mol. The molecule has 0 spiro atoms. The summed E-state index contributed by atoms with van der Waals surface area (Å²) in [7, 11) is -6.56. The molecule has 0 aromatic carbocycles. The minimum Gasteiger partial charge on any atom is -0.344 e. The summed E-state index contributed by atoms with van der Waals surface area (Å²) >= 11 is 0. The molecule has 0 amide bonds. The smallest absolute Gasteiger partial charge is 0.204 e. The molecule has 20 heavy (non-hydrogen) atoms. The van der Waals surface area contributed by atoms with Crippen LogP contribution >= 0.6 is 14.7 Å². The second-order valence-corrected chi connectivity index (χ2v) is 10.9. The number of hydrogen-bond acceptors (Lipinski definition) is 2. The molecule has 0 aliphatic carbocycles. The van der Waals surface area contributed by atoms with Gasteiger partial charge in [0.15, 0.2) is 0 Å². The van der Waals surface area contributed by atoms with Crippen LogP contribution in [0.5, 0.6) is 0 Å². The van der Waals surface area contributed by atoms with Gasteiger partial charge in [-0.3, -0.25) is 9.13 Å². The molecule has 0 aliphatic heterocycles. The molecule has 3 atom stereocenters. The van der Waals surface area contributed by atoms with Gasteiger partial charge in [-0.1, -0.05) is 46.5 Å². The van der Waals surface area contributed by atoms with Crippen molar-refractivity contribution in [1.82, 2.24) is 0 Å². The molecule has 4 nitrogen and oxygen atoms in total. The molecule has 0 fully saturated rings. The van der Waals surface area contributed by atoms with Crippen molar-refractivity contribution in [2.75, 3.05) is 18.5 Å². The lowest BCUT2D eigenvalue weighted by molar-refractivity contribution is 0.448. The lowest BCUT2D eigenvalue weighted by Gasteiger charge is -2.24. The van der Waals surface area contributed by atoms with Gasteiger partial charge in [0.2, 0.25) is 14.7 Å². The van der Waals surface area contributed by atoms with Crippen molar-refractivity contribution in [2.45, 2.75) is 71.4 Å². The molecule has 0 radical (unpaired) electrons. The Morgan fingerprint density at radius 3 is 1.80 bits per heavy atom. The summed E-state index contributed by atoms with van der Waals surface area (Å²) < 4.78 is 24.5. The Hall–Kier alpha value is 0.380. The van der Waals surface area contributed by atoms with Crippen LogP contribution in [0.1, 0.15) is 65.7 Å². The Morgan fingerprint density at radius 1 is 0.850 bits per heavy atom. The van der Waals surface area contributed by atoms with Gasteiger partial charge in [-0.25, -0.2) is 0 Å². The summed E-state index contributed by atoms with van der Waals surface area (Å²) in [5.74, 6) is 0. The van der Waals surface area contributed by atoms with Crippen molar-refractivity contribution in [3.8, 4) is 0 Å². The van der Waals surface area contributed by atoms with E-state index in [0.29, 0.717) is 6.42 Å². The first-order valence-electron chi connectivity index (χ1n) is 7.91. The summed E-state index contributed by atoms with van der Waals surface area (Å²) in [4.78, 5) is 20.2. The van der Waals surface area contributed by atoms with Crippen LogP contribution in [0, 0.1) is 0 Å². The van der Waals surface area contributed by atoms with Crippen molar-refractivity contribution >= 4 is 14.7 Å². The van der Waals surface area contributed by atoms with E-state index < -0.39 is 20.4 Å². The average Bonchev–Trinajstić information content (AvgIpc) is 2.36. The van der Waals surface area contributed by atoms with Crippen LogP contribution in [0.2, 0.25) is 0 Å². The normalized spacial score (nSPS) is 19.2. The van der Waals surface area contributed by atoms with Crippen LogP contribution in [0.15, 0.2) is 0 Å². The zero-order valence-corrected chi connectivity index (χ0v) is 15.0. The van der Waals surface area contributed by atoms with E-state index in [1.54, 1.807) is 0 Å². The number of rotatable bonds is 12. The molecular formula is C14H32O4P2. The third-order valence-corrected chi connectivity index (χ3v) is 8.69. The second-order valence-electron chi connectivity index (χ2n) is 5.71. The summed E-state index contributed by atoms with van der Waals surface area (Å²) in [6, 6.07) is 0. The number of unbranched alkanes of at least 4 members (excludes halogenated alkanes) is 4. The average molecular weight is 326 g/mol. The van der Waals surface area contributed by atoms with Crippen LogP contribution in [0.4, 0.5) is 0 Å². The highest BCUT2D eigenvalue weighted by Crippen LogP contribution is 2.55. The molecule has 6 heteroatoms. The van der Waals surface area contributed by atoms with Crippen LogP contribution < -0.4 is 0 Å². The quantitative estimate of drug-likeness (QED) is 0.403. The van der Waals surface area contributed by atoms with Crippen LogP contribution in [-0.4, -0.2) is 33.9 Å². The van der Waals surface area contributed by atoms with E-state index in [0.717, 1.165) is 38.5 Å². The minimum absolute atomic E-state index is 0.00706. The van der Waals surface area contributed by atoms with Gasteiger partial charge in [0.05, 0.1) is 0 Å². The SMILES string of the molecule is CCCCCP(=O)(O)CC(CC)P(=O)(O)CCCCC. The maximum absolute atomic E-state index is 12.4. The Bertz CT molecular complexity index is 344. The molecule has 0 rings (SSSR count). The molecule has 122 valence electrons. The third-order valence-electron chi connectivity index (χ3n) is 3.73. The summed E-state index contributed by atoms with van der Waals surface area (Å²) in [6.45, 7) is 5.93. The highest BCUT2D eigenvalue weighted by Gasteiger charge is 2.34. The molecule has 0 saturated carbocycles. The molecule has 0 aromatic rings. The Labute approximate surface area is 124 Å². The molecular weight excluding hydrogens is 294 g/mol. The first-order chi connectivity index (χ1) is 9.29.